The van der Waals surface area contributed by atoms with E-state index in [1.807, 2.05) is 0 Å². The van der Waals surface area contributed by atoms with Crippen LogP contribution in [0, 0.1) is 0 Å². The summed E-state index contributed by atoms with van der Waals surface area (Å²) in [5, 5.41) is 0. The summed E-state index contributed by atoms with van der Waals surface area (Å²) < 4.78 is 17.0. The number of unbranched alkanes of at least 4 members (excludes halogenated alkanes) is 35. The van der Waals surface area contributed by atoms with Crippen LogP contribution in [0.1, 0.15) is 342 Å². The van der Waals surface area contributed by atoms with E-state index < -0.39 is 6.10 Å². The molecule has 0 radical (unpaired) electrons. The summed E-state index contributed by atoms with van der Waals surface area (Å²) in [7, 11) is 0. The molecule has 6 heteroatoms. The number of ether oxygens (including phenoxy) is 3. The average molecular weight is 1150 g/mol. The number of hydrogen-bond donors (Lipinski definition) is 0. The zero-order chi connectivity index (χ0) is 59.9. The largest absolute Gasteiger partial charge is 0.462 e. The van der Waals surface area contributed by atoms with Crippen LogP contribution in [0.15, 0.2) is 109 Å². The van der Waals surface area contributed by atoms with E-state index in [1.54, 1.807) is 0 Å². The maximum Gasteiger partial charge on any atom is 0.306 e. The van der Waals surface area contributed by atoms with Crippen molar-refractivity contribution in [1.29, 1.82) is 0 Å². The van der Waals surface area contributed by atoms with Crippen molar-refractivity contribution in [3.63, 3.8) is 0 Å². The van der Waals surface area contributed by atoms with E-state index in [4.69, 9.17) is 14.2 Å². The van der Waals surface area contributed by atoms with Gasteiger partial charge in [0.25, 0.3) is 0 Å². The Morgan fingerprint density at radius 3 is 0.735 bits per heavy atom. The van der Waals surface area contributed by atoms with Crippen LogP contribution in [-0.2, 0) is 28.6 Å². The maximum atomic E-state index is 13.0. The monoisotopic (exact) mass is 1150 g/mol. The van der Waals surface area contributed by atoms with E-state index in [0.717, 1.165) is 116 Å². The van der Waals surface area contributed by atoms with Gasteiger partial charge in [0.05, 0.1) is 0 Å². The molecule has 0 saturated carbocycles. The molecule has 0 heterocycles. The first-order valence-corrected chi connectivity index (χ1v) is 35.4. The van der Waals surface area contributed by atoms with Gasteiger partial charge in [0, 0.05) is 19.3 Å². The summed E-state index contributed by atoms with van der Waals surface area (Å²) in [6.07, 6.45) is 96.9. The summed E-state index contributed by atoms with van der Waals surface area (Å²) in [5.41, 5.74) is 0. The minimum Gasteiger partial charge on any atom is -0.462 e. The number of esters is 3. The fourth-order valence-corrected chi connectivity index (χ4v) is 10.1. The summed E-state index contributed by atoms with van der Waals surface area (Å²) in [6, 6.07) is 0. The van der Waals surface area contributed by atoms with Crippen LogP contribution in [0.4, 0.5) is 0 Å². The Hall–Kier alpha value is -3.93. The van der Waals surface area contributed by atoms with Gasteiger partial charge >= 0.3 is 17.9 Å². The third-order valence-electron chi connectivity index (χ3n) is 15.3. The minimum atomic E-state index is -0.779. The molecule has 0 aliphatic carbocycles. The van der Waals surface area contributed by atoms with E-state index in [-0.39, 0.29) is 31.1 Å². The normalized spacial score (nSPS) is 12.8. The lowest BCUT2D eigenvalue weighted by Crippen LogP contribution is -2.30. The molecule has 0 amide bonds. The number of allylic oxidation sites excluding steroid dienone is 18. The van der Waals surface area contributed by atoms with Crippen molar-refractivity contribution in [1.82, 2.24) is 0 Å². The lowest BCUT2D eigenvalue weighted by molar-refractivity contribution is -0.167. The van der Waals surface area contributed by atoms with E-state index >= 15 is 0 Å². The highest BCUT2D eigenvalue weighted by Crippen LogP contribution is 2.17. The Labute approximate surface area is 514 Å². The molecule has 0 aliphatic rings. The first-order valence-electron chi connectivity index (χ1n) is 35.4. The Morgan fingerprint density at radius 2 is 0.470 bits per heavy atom. The topological polar surface area (TPSA) is 78.9 Å². The smallest absolute Gasteiger partial charge is 0.306 e. The van der Waals surface area contributed by atoms with Gasteiger partial charge in [-0.15, -0.1) is 0 Å². The molecule has 0 aliphatic heterocycles. The number of carbonyl (C=O) groups is 3. The molecular formula is C77H132O6. The summed E-state index contributed by atoms with van der Waals surface area (Å²) in [6.45, 7) is 6.44. The van der Waals surface area contributed by atoms with Crippen LogP contribution in [-0.4, -0.2) is 37.2 Å². The van der Waals surface area contributed by atoms with Gasteiger partial charge in [-0.25, -0.2) is 0 Å². The van der Waals surface area contributed by atoms with Gasteiger partial charge in [0.2, 0.25) is 0 Å². The Morgan fingerprint density at radius 1 is 0.253 bits per heavy atom. The zero-order valence-corrected chi connectivity index (χ0v) is 54.7. The van der Waals surface area contributed by atoms with Crippen molar-refractivity contribution in [3.8, 4) is 0 Å². The van der Waals surface area contributed by atoms with Crippen molar-refractivity contribution in [3.05, 3.63) is 109 Å². The molecule has 1 unspecified atom stereocenters. The molecule has 0 aromatic carbocycles. The maximum absolute atomic E-state index is 13.0. The molecule has 0 bridgehead atoms. The third-order valence-corrected chi connectivity index (χ3v) is 15.3. The summed E-state index contributed by atoms with van der Waals surface area (Å²) in [4.78, 5) is 38.4. The van der Waals surface area contributed by atoms with Crippen molar-refractivity contribution in [2.75, 3.05) is 13.2 Å². The van der Waals surface area contributed by atoms with Gasteiger partial charge in [-0.05, 0) is 103 Å². The molecule has 6 nitrogen and oxygen atoms in total. The quantitative estimate of drug-likeness (QED) is 0.0261. The Bertz CT molecular complexity index is 1660. The molecule has 0 aromatic heterocycles. The highest BCUT2D eigenvalue weighted by Gasteiger charge is 2.19. The molecule has 0 aromatic rings. The van der Waals surface area contributed by atoms with Crippen LogP contribution in [0.5, 0.6) is 0 Å². The standard InChI is InChI=1S/C77H132O6/c1-4-7-10-13-16-19-22-24-26-28-30-32-34-36-37-38-39-41-42-44-46-48-50-52-55-58-61-64-67-70-76(79)82-73-74(72-81-75(78)69-66-63-60-57-54-21-18-15-12-9-6-3)83-77(80)71-68-65-62-59-56-53-51-49-47-45-43-40-35-33-31-29-27-25-23-20-17-14-11-8-5-2/h7-8,10-11,16-17,19-20,24-27,30-33,36-37,74H,4-6,9,12-15,18,21-23,28-29,34-35,38-73H2,1-3H3/b10-7-,11-8-,19-16-,20-17-,26-24-,27-25-,32-30-,33-31-,37-36-. The second kappa shape index (κ2) is 70.6. The molecule has 0 saturated heterocycles. The Balaban J connectivity index is 4.22. The molecule has 476 valence electrons. The van der Waals surface area contributed by atoms with Gasteiger partial charge in [-0.3, -0.25) is 14.4 Å². The van der Waals surface area contributed by atoms with E-state index in [2.05, 4.69) is 130 Å². The highest BCUT2D eigenvalue weighted by molar-refractivity contribution is 5.71. The van der Waals surface area contributed by atoms with Gasteiger partial charge < -0.3 is 14.2 Å². The number of rotatable bonds is 64. The molecule has 0 spiro atoms. The van der Waals surface area contributed by atoms with Crippen molar-refractivity contribution in [2.45, 2.75) is 348 Å². The van der Waals surface area contributed by atoms with Gasteiger partial charge in [0.15, 0.2) is 6.10 Å². The molecule has 0 fully saturated rings. The Kier molecular flexibility index (Phi) is 67.2. The van der Waals surface area contributed by atoms with Gasteiger partial charge in [0.1, 0.15) is 13.2 Å². The van der Waals surface area contributed by atoms with Gasteiger partial charge in [-0.2, -0.15) is 0 Å². The number of carbonyl (C=O) groups excluding carboxylic acids is 3. The lowest BCUT2D eigenvalue weighted by Gasteiger charge is -2.18. The van der Waals surface area contributed by atoms with Crippen LogP contribution < -0.4 is 0 Å². The number of hydrogen-bond acceptors (Lipinski definition) is 6. The molecular weight excluding hydrogens is 1020 g/mol. The molecule has 0 rings (SSSR count). The van der Waals surface area contributed by atoms with E-state index in [0.29, 0.717) is 19.3 Å². The minimum absolute atomic E-state index is 0.0751. The molecule has 1 atom stereocenters. The summed E-state index contributed by atoms with van der Waals surface area (Å²) >= 11 is 0. The predicted octanol–water partition coefficient (Wildman–Crippen LogP) is 24.6. The lowest BCUT2D eigenvalue weighted by atomic mass is 10.0. The fraction of sp³-hybridized carbons (Fsp3) is 0.727. The van der Waals surface area contributed by atoms with Crippen molar-refractivity contribution in [2.24, 2.45) is 0 Å². The summed E-state index contributed by atoms with van der Waals surface area (Å²) in [5.74, 6) is -0.864. The first-order chi connectivity index (χ1) is 41.0. The van der Waals surface area contributed by atoms with Crippen molar-refractivity contribution >= 4 is 17.9 Å². The second-order valence-corrected chi connectivity index (χ2v) is 23.4. The van der Waals surface area contributed by atoms with Crippen LogP contribution in [0.25, 0.3) is 0 Å². The predicted molar refractivity (Wildman–Crippen MR) is 362 cm³/mol. The molecule has 0 N–H and O–H groups in total. The van der Waals surface area contributed by atoms with Crippen molar-refractivity contribution < 1.29 is 28.6 Å². The second-order valence-electron chi connectivity index (χ2n) is 23.4. The average Bonchev–Trinajstić information content (AvgIpc) is 3.48. The van der Waals surface area contributed by atoms with Crippen LogP contribution in [0.2, 0.25) is 0 Å². The third kappa shape index (κ3) is 68.7. The van der Waals surface area contributed by atoms with Crippen LogP contribution in [0.3, 0.4) is 0 Å². The SMILES string of the molecule is CC/C=C\C/C=C\C/C=C\C/C=C\C/C=C\CCCCCCCCCCCCCCCC(=O)OCC(COC(=O)CCCCCCCCCCCCC)OC(=O)CCCCCCCCCCCCCC/C=C\C/C=C\C/C=C\C/C=C\CC. The highest BCUT2D eigenvalue weighted by atomic mass is 16.6. The van der Waals surface area contributed by atoms with E-state index in [9.17, 15) is 14.4 Å². The van der Waals surface area contributed by atoms with Gasteiger partial charge in [-0.1, -0.05) is 329 Å². The van der Waals surface area contributed by atoms with Crippen LogP contribution >= 0.6 is 0 Å². The van der Waals surface area contributed by atoms with E-state index in [1.165, 1.54) is 186 Å². The molecule has 83 heavy (non-hydrogen) atoms. The fourth-order valence-electron chi connectivity index (χ4n) is 10.1. The zero-order valence-electron chi connectivity index (χ0n) is 54.7. The first kappa shape index (κ1) is 79.1.